The average Bonchev–Trinajstić information content (AvgIpc) is 3.15. The van der Waals surface area contributed by atoms with Crippen LogP contribution in [0, 0.1) is 0 Å². The Balaban J connectivity index is 1.58. The van der Waals surface area contributed by atoms with Gasteiger partial charge in [0.15, 0.2) is 11.5 Å². The molecule has 152 valence electrons. The van der Waals surface area contributed by atoms with Gasteiger partial charge in [-0.05, 0) is 19.1 Å². The number of amides is 2. The van der Waals surface area contributed by atoms with E-state index >= 15 is 0 Å². The summed E-state index contributed by atoms with van der Waals surface area (Å²) in [4.78, 5) is 37.1. The molecular formula is C21H18N4O5. The smallest absolute Gasteiger partial charge is 0.305 e. The summed E-state index contributed by atoms with van der Waals surface area (Å²) in [6.07, 6.45) is 0. The van der Waals surface area contributed by atoms with Crippen LogP contribution in [0.15, 0.2) is 57.7 Å². The van der Waals surface area contributed by atoms with Crippen molar-refractivity contribution in [3.63, 3.8) is 0 Å². The third-order valence-electron chi connectivity index (χ3n) is 4.56. The quantitative estimate of drug-likeness (QED) is 0.437. The number of aromatic nitrogens is 2. The molecule has 0 saturated heterocycles. The van der Waals surface area contributed by atoms with Gasteiger partial charge in [-0.1, -0.05) is 36.4 Å². The number of H-pyrrole nitrogens is 1. The largest absolute Gasteiger partial charge is 0.450 e. The number of nitrogens with zero attached hydrogens (tertiary/aromatic N) is 1. The van der Waals surface area contributed by atoms with Gasteiger partial charge in [-0.15, -0.1) is 0 Å². The van der Waals surface area contributed by atoms with E-state index in [4.69, 9.17) is 9.15 Å². The third-order valence-corrected chi connectivity index (χ3v) is 4.56. The van der Waals surface area contributed by atoms with Crippen molar-refractivity contribution in [2.45, 2.75) is 13.5 Å². The van der Waals surface area contributed by atoms with Crippen molar-refractivity contribution in [3.8, 4) is 0 Å². The molecule has 2 aromatic heterocycles. The van der Waals surface area contributed by atoms with E-state index in [1.54, 1.807) is 36.4 Å². The van der Waals surface area contributed by atoms with E-state index in [0.29, 0.717) is 28.5 Å². The lowest BCUT2D eigenvalue weighted by molar-refractivity contribution is 0.0824. The van der Waals surface area contributed by atoms with Crippen LogP contribution in [0.4, 0.5) is 0 Å². The molecule has 2 aromatic carbocycles. The second-order valence-corrected chi connectivity index (χ2v) is 6.40. The molecule has 0 radical (unpaired) electrons. The van der Waals surface area contributed by atoms with Gasteiger partial charge in [-0.25, -0.2) is 5.10 Å². The highest BCUT2D eigenvalue weighted by molar-refractivity contribution is 6.06. The van der Waals surface area contributed by atoms with E-state index in [1.165, 1.54) is 0 Å². The number of nitrogens with one attached hydrogen (secondary N) is 3. The molecule has 0 fully saturated rings. The van der Waals surface area contributed by atoms with Crippen molar-refractivity contribution in [3.05, 3.63) is 75.9 Å². The van der Waals surface area contributed by atoms with Crippen LogP contribution in [0.3, 0.4) is 0 Å². The predicted molar refractivity (Wildman–Crippen MR) is 109 cm³/mol. The van der Waals surface area contributed by atoms with Crippen LogP contribution >= 0.6 is 0 Å². The first-order valence-electron chi connectivity index (χ1n) is 9.26. The molecule has 0 aliphatic carbocycles. The number of rotatable bonds is 5. The molecule has 9 nitrogen and oxygen atoms in total. The van der Waals surface area contributed by atoms with Gasteiger partial charge in [0.05, 0.1) is 12.0 Å². The topological polar surface area (TPSA) is 126 Å². The van der Waals surface area contributed by atoms with Gasteiger partial charge in [0.1, 0.15) is 5.58 Å². The van der Waals surface area contributed by atoms with Crippen molar-refractivity contribution in [1.29, 1.82) is 0 Å². The van der Waals surface area contributed by atoms with E-state index in [1.807, 2.05) is 19.1 Å². The Morgan fingerprint density at radius 3 is 2.43 bits per heavy atom. The van der Waals surface area contributed by atoms with Crippen LogP contribution < -0.4 is 16.4 Å². The number of para-hydroxylation sites is 1. The Labute approximate surface area is 170 Å². The lowest BCUT2D eigenvalue weighted by Gasteiger charge is -2.08. The van der Waals surface area contributed by atoms with Crippen LogP contribution in [-0.4, -0.2) is 28.6 Å². The lowest BCUT2D eigenvalue weighted by Crippen LogP contribution is -2.42. The van der Waals surface area contributed by atoms with Crippen LogP contribution in [0.5, 0.6) is 0 Å². The zero-order chi connectivity index (χ0) is 21.1. The van der Waals surface area contributed by atoms with Gasteiger partial charge in [-0.2, -0.15) is 5.10 Å². The summed E-state index contributed by atoms with van der Waals surface area (Å²) in [6.45, 7) is 2.52. The predicted octanol–water partition coefficient (Wildman–Crippen LogP) is 2.28. The van der Waals surface area contributed by atoms with Crippen molar-refractivity contribution in [1.82, 2.24) is 21.0 Å². The molecule has 0 atom stereocenters. The molecule has 4 rings (SSSR count). The highest BCUT2D eigenvalue weighted by Gasteiger charge is 2.22. The molecule has 9 heteroatoms. The summed E-state index contributed by atoms with van der Waals surface area (Å²) in [5.41, 5.74) is 5.34. The van der Waals surface area contributed by atoms with E-state index in [0.717, 1.165) is 5.39 Å². The van der Waals surface area contributed by atoms with Crippen molar-refractivity contribution >= 4 is 33.6 Å². The van der Waals surface area contributed by atoms with Crippen LogP contribution in [0.2, 0.25) is 0 Å². The summed E-state index contributed by atoms with van der Waals surface area (Å²) in [6, 6.07) is 13.8. The maximum Gasteiger partial charge on any atom is 0.305 e. The molecular weight excluding hydrogens is 388 g/mol. The summed E-state index contributed by atoms with van der Waals surface area (Å²) in [5.74, 6) is -1.27. The molecule has 3 N–H and O–H groups in total. The Hall–Kier alpha value is -3.98. The average molecular weight is 406 g/mol. The molecule has 0 bridgehead atoms. The number of benzene rings is 2. The van der Waals surface area contributed by atoms with Gasteiger partial charge in [0, 0.05) is 22.9 Å². The highest BCUT2D eigenvalue weighted by Crippen LogP contribution is 2.26. The molecule has 4 aromatic rings. The molecule has 0 aliphatic heterocycles. The minimum atomic E-state index is -0.682. The van der Waals surface area contributed by atoms with Gasteiger partial charge in [0.25, 0.3) is 11.5 Å². The standard InChI is InChI=1S/C21H18N4O5/c1-2-29-11-15-12-7-5-6-10-16(12)30-18(15)21(28)25-24-20(27)17-13-8-3-4-9-14(13)19(26)23-22-17/h3-10H,2,11H2,1H3,(H,23,26)(H,24,27)(H,25,28). The Morgan fingerprint density at radius 2 is 1.67 bits per heavy atom. The monoisotopic (exact) mass is 406 g/mol. The first kappa shape index (κ1) is 19.3. The summed E-state index contributed by atoms with van der Waals surface area (Å²) < 4.78 is 11.1. The number of hydrogen-bond donors (Lipinski definition) is 3. The SMILES string of the molecule is CCOCc1c(C(=O)NNC(=O)c2n[nH]c(=O)c3ccccc23)oc2ccccc12. The first-order chi connectivity index (χ1) is 14.6. The Bertz CT molecular complexity index is 1310. The second-order valence-electron chi connectivity index (χ2n) is 6.40. The fourth-order valence-electron chi connectivity index (χ4n) is 3.15. The first-order valence-corrected chi connectivity index (χ1v) is 9.26. The van der Waals surface area contributed by atoms with E-state index in [2.05, 4.69) is 21.0 Å². The summed E-state index contributed by atoms with van der Waals surface area (Å²) in [7, 11) is 0. The molecule has 0 spiro atoms. The fourth-order valence-corrected chi connectivity index (χ4v) is 3.15. The maximum atomic E-state index is 12.7. The molecule has 0 unspecified atom stereocenters. The Kier molecular flexibility index (Phi) is 5.27. The second kappa shape index (κ2) is 8.18. The van der Waals surface area contributed by atoms with Crippen molar-refractivity contribution in [2.24, 2.45) is 0 Å². The zero-order valence-electron chi connectivity index (χ0n) is 16.0. The molecule has 2 heterocycles. The zero-order valence-corrected chi connectivity index (χ0v) is 16.0. The van der Waals surface area contributed by atoms with Crippen LogP contribution in [0.1, 0.15) is 33.5 Å². The number of fused-ring (bicyclic) bond motifs is 2. The van der Waals surface area contributed by atoms with Gasteiger partial charge in [0.2, 0.25) is 0 Å². The van der Waals surface area contributed by atoms with Gasteiger partial charge in [-0.3, -0.25) is 25.2 Å². The minimum Gasteiger partial charge on any atom is -0.450 e. The number of hydrogen-bond acceptors (Lipinski definition) is 6. The minimum absolute atomic E-state index is 0.0235. The van der Waals surface area contributed by atoms with E-state index in [9.17, 15) is 14.4 Å². The summed E-state index contributed by atoms with van der Waals surface area (Å²) in [5, 5.41) is 7.53. The number of carbonyl (C=O) groups is 2. The third kappa shape index (κ3) is 3.53. The van der Waals surface area contributed by atoms with Gasteiger partial charge >= 0.3 is 5.91 Å². The highest BCUT2D eigenvalue weighted by atomic mass is 16.5. The number of aromatic amines is 1. The van der Waals surface area contributed by atoms with E-state index < -0.39 is 17.4 Å². The number of ether oxygens (including phenoxy) is 1. The molecule has 0 aliphatic rings. The number of hydrazine groups is 1. The molecule has 30 heavy (non-hydrogen) atoms. The van der Waals surface area contributed by atoms with Crippen LogP contribution in [0.25, 0.3) is 21.7 Å². The number of furan rings is 1. The van der Waals surface area contributed by atoms with E-state index in [-0.39, 0.29) is 18.1 Å². The fraction of sp³-hybridized carbons (Fsp3) is 0.143. The van der Waals surface area contributed by atoms with Crippen molar-refractivity contribution in [2.75, 3.05) is 6.61 Å². The van der Waals surface area contributed by atoms with Crippen LogP contribution in [-0.2, 0) is 11.3 Å². The van der Waals surface area contributed by atoms with Crippen molar-refractivity contribution < 1.29 is 18.7 Å². The summed E-state index contributed by atoms with van der Waals surface area (Å²) >= 11 is 0. The van der Waals surface area contributed by atoms with Gasteiger partial charge < -0.3 is 9.15 Å². The molecule has 0 saturated carbocycles. The Morgan fingerprint density at radius 1 is 1.00 bits per heavy atom. The normalized spacial score (nSPS) is 11.0. The number of carbonyl (C=O) groups excluding carboxylic acids is 2. The lowest BCUT2D eigenvalue weighted by atomic mass is 10.1. The molecule has 2 amide bonds. The maximum absolute atomic E-state index is 12.7.